The number of carboxylic acids is 3. The molecule has 0 spiro atoms. The van der Waals surface area contributed by atoms with E-state index in [9.17, 15) is 23.7 Å². The van der Waals surface area contributed by atoms with Gasteiger partial charge in [0.1, 0.15) is 6.04 Å². The average Bonchev–Trinajstić information content (AvgIpc) is 2.32. The molecule has 0 aromatic carbocycles. The lowest BCUT2D eigenvalue weighted by Crippen LogP contribution is -2.34. The predicted octanol–water partition coefficient (Wildman–Crippen LogP) is -1.99. The Hall–Kier alpha value is -1.85. The van der Waals surface area contributed by atoms with Gasteiger partial charge in [-0.2, -0.15) is 0 Å². The summed E-state index contributed by atoms with van der Waals surface area (Å²) < 4.78 is 13.8. The number of nitrogens with two attached hydrogens (primary N) is 1. The van der Waals surface area contributed by atoms with Gasteiger partial charge < -0.3 is 30.8 Å². The molecule has 13 heteroatoms. The third-order valence-electron chi connectivity index (χ3n) is 1.54. The van der Waals surface area contributed by atoms with E-state index in [0.29, 0.717) is 0 Å². The van der Waals surface area contributed by atoms with Gasteiger partial charge in [0, 0.05) is 6.42 Å². The van der Waals surface area contributed by atoms with E-state index >= 15 is 0 Å². The van der Waals surface area contributed by atoms with Crippen LogP contribution >= 0.6 is 7.82 Å². The maximum Gasteiger partial charge on any atom is 0.469 e. The first-order chi connectivity index (χ1) is 9.36. The van der Waals surface area contributed by atoms with E-state index in [-0.39, 0.29) is 0 Å². The zero-order chi connectivity index (χ0) is 17.2. The molecule has 21 heavy (non-hydrogen) atoms. The molecule has 7 N–H and O–H groups in total. The summed E-state index contributed by atoms with van der Waals surface area (Å²) in [5.41, 5.74) is 4.86. The summed E-state index contributed by atoms with van der Waals surface area (Å²) in [6, 6.07) is -1.41. The number of ketones is 1. The Bertz CT molecular complexity index is 442. The number of carboxylic acid groups (broad SMARTS) is 3. The highest BCUT2D eigenvalue weighted by molar-refractivity contribution is 7.46. The summed E-state index contributed by atoms with van der Waals surface area (Å²) in [6.07, 6.45) is -0.865. The van der Waals surface area contributed by atoms with Gasteiger partial charge in [0.25, 0.3) is 0 Å². The number of phosphoric ester groups is 1. The summed E-state index contributed by atoms with van der Waals surface area (Å²) in [5, 5.41) is 24.1. The van der Waals surface area contributed by atoms with E-state index in [0.717, 1.165) is 0 Å². The molecule has 0 unspecified atom stereocenters. The zero-order valence-corrected chi connectivity index (χ0v) is 11.3. The minimum atomic E-state index is -4.60. The van der Waals surface area contributed by atoms with Crippen LogP contribution in [0.3, 0.4) is 0 Å². The lowest BCUT2D eigenvalue weighted by atomic mass is 10.2. The summed E-state index contributed by atoms with van der Waals surface area (Å²) >= 11 is 0. The molecule has 0 radical (unpaired) electrons. The van der Waals surface area contributed by atoms with E-state index in [1.54, 1.807) is 0 Å². The van der Waals surface area contributed by atoms with Crippen molar-refractivity contribution in [3.05, 3.63) is 0 Å². The maximum atomic E-state index is 10.2. The molecule has 122 valence electrons. The van der Waals surface area contributed by atoms with Crippen molar-refractivity contribution in [3.8, 4) is 0 Å². The molecule has 0 aliphatic rings. The van der Waals surface area contributed by atoms with Crippen molar-refractivity contribution in [3.63, 3.8) is 0 Å². The van der Waals surface area contributed by atoms with Gasteiger partial charge in [-0.1, -0.05) is 0 Å². The summed E-state index contributed by atoms with van der Waals surface area (Å²) in [7, 11) is -4.60. The predicted molar refractivity (Wildman–Crippen MR) is 63.1 cm³/mol. The summed E-state index contributed by atoms with van der Waals surface area (Å²) in [4.78, 5) is 55.9. The van der Waals surface area contributed by atoms with Crippen molar-refractivity contribution in [2.45, 2.75) is 18.9 Å². The van der Waals surface area contributed by atoms with Crippen molar-refractivity contribution in [1.29, 1.82) is 0 Å². The monoisotopic (exact) mass is 331 g/mol. The van der Waals surface area contributed by atoms with E-state index in [4.69, 9.17) is 30.8 Å². The quantitative estimate of drug-likeness (QED) is 0.210. The SMILES string of the molecule is N[C@@H](COP(=O)(O)O)C(=O)O.O=C(O)CCC(=O)C(=O)O. The van der Waals surface area contributed by atoms with Crippen LogP contribution in [0, 0.1) is 0 Å². The molecule has 0 aromatic heterocycles. The van der Waals surface area contributed by atoms with Crippen LogP contribution in [0.2, 0.25) is 0 Å². The Morgan fingerprint density at radius 3 is 1.81 bits per heavy atom. The Morgan fingerprint density at radius 2 is 1.52 bits per heavy atom. The van der Waals surface area contributed by atoms with Crippen LogP contribution in [0.25, 0.3) is 0 Å². The first-order valence-electron chi connectivity index (χ1n) is 5.03. The molecule has 0 bridgehead atoms. The van der Waals surface area contributed by atoms with Crippen LogP contribution in [-0.2, 0) is 28.3 Å². The van der Waals surface area contributed by atoms with Crippen molar-refractivity contribution < 1.29 is 53.4 Å². The lowest BCUT2D eigenvalue weighted by molar-refractivity contribution is -0.149. The van der Waals surface area contributed by atoms with Gasteiger partial charge >= 0.3 is 25.7 Å². The van der Waals surface area contributed by atoms with Crippen molar-refractivity contribution in [1.82, 2.24) is 0 Å². The van der Waals surface area contributed by atoms with Crippen LogP contribution in [0.4, 0.5) is 0 Å². The van der Waals surface area contributed by atoms with Gasteiger partial charge in [-0.3, -0.25) is 18.9 Å². The van der Waals surface area contributed by atoms with Crippen LogP contribution < -0.4 is 5.73 Å². The third kappa shape index (κ3) is 16.1. The standard InChI is InChI=1S/C5H6O5.C3H8NO6P/c6-3(5(9)10)1-2-4(7)8;4-2(3(5)6)1-10-11(7,8)9/h1-2H2,(H,7,8)(H,9,10);2H,1,4H2,(H,5,6)(H2,7,8,9)/t;2-/m.0/s1. The molecule has 12 nitrogen and oxygen atoms in total. The molecule has 1 atom stereocenters. The number of phosphoric acid groups is 1. The minimum absolute atomic E-state index is 0.425. The number of carbonyl (C=O) groups excluding carboxylic acids is 1. The molecule has 0 saturated carbocycles. The zero-order valence-electron chi connectivity index (χ0n) is 10.4. The molecule has 0 amide bonds. The molecular formula is C8H14NO11P. The molecule has 0 aliphatic carbocycles. The van der Waals surface area contributed by atoms with Gasteiger partial charge in [0.05, 0.1) is 13.0 Å². The summed E-state index contributed by atoms with van der Waals surface area (Å²) in [5.74, 6) is -5.20. The number of rotatable bonds is 8. The normalized spacial score (nSPS) is 11.8. The number of aliphatic carboxylic acids is 3. The lowest BCUT2D eigenvalue weighted by Gasteiger charge is -2.07. The molecule has 0 fully saturated rings. The average molecular weight is 331 g/mol. The fraction of sp³-hybridized carbons (Fsp3) is 0.500. The van der Waals surface area contributed by atoms with E-state index < -0.39 is 57.0 Å². The Kier molecular flexibility index (Phi) is 10.2. The van der Waals surface area contributed by atoms with Gasteiger partial charge in [-0.15, -0.1) is 0 Å². The van der Waals surface area contributed by atoms with Crippen molar-refractivity contribution in [2.75, 3.05) is 6.61 Å². The van der Waals surface area contributed by atoms with Crippen LogP contribution in [0.15, 0.2) is 0 Å². The van der Waals surface area contributed by atoms with E-state index in [2.05, 4.69) is 4.52 Å². The minimum Gasteiger partial charge on any atom is -0.481 e. The van der Waals surface area contributed by atoms with Crippen LogP contribution in [-0.4, -0.2) is 61.4 Å². The molecule has 0 rings (SSSR count). The smallest absolute Gasteiger partial charge is 0.469 e. The van der Waals surface area contributed by atoms with Gasteiger partial charge in [-0.05, 0) is 0 Å². The number of Topliss-reactive ketones (excluding diaryl/α,β-unsaturated/α-hetero) is 1. The first kappa shape index (κ1) is 21.4. The van der Waals surface area contributed by atoms with E-state index in [1.165, 1.54) is 0 Å². The largest absolute Gasteiger partial charge is 0.481 e. The maximum absolute atomic E-state index is 10.2. The molecular weight excluding hydrogens is 317 g/mol. The van der Waals surface area contributed by atoms with Crippen LogP contribution in [0.5, 0.6) is 0 Å². The number of hydrogen-bond donors (Lipinski definition) is 6. The first-order valence-corrected chi connectivity index (χ1v) is 6.56. The van der Waals surface area contributed by atoms with Crippen molar-refractivity contribution >= 4 is 31.5 Å². The second-order valence-electron chi connectivity index (χ2n) is 3.35. The highest BCUT2D eigenvalue weighted by Crippen LogP contribution is 2.35. The molecule has 0 heterocycles. The van der Waals surface area contributed by atoms with E-state index in [1.807, 2.05) is 0 Å². The second kappa shape index (κ2) is 9.96. The fourth-order valence-electron chi connectivity index (χ4n) is 0.576. The Balaban J connectivity index is 0. The van der Waals surface area contributed by atoms with Gasteiger partial charge in [0.15, 0.2) is 0 Å². The number of carbonyl (C=O) groups is 4. The number of hydrogen-bond acceptors (Lipinski definition) is 7. The highest BCUT2D eigenvalue weighted by atomic mass is 31.2. The Labute approximate surface area is 117 Å². The molecule has 0 aromatic rings. The van der Waals surface area contributed by atoms with Crippen molar-refractivity contribution in [2.24, 2.45) is 5.73 Å². The Morgan fingerprint density at radius 1 is 1.05 bits per heavy atom. The molecule has 0 saturated heterocycles. The second-order valence-corrected chi connectivity index (χ2v) is 4.59. The van der Waals surface area contributed by atoms with Gasteiger partial charge in [-0.25, -0.2) is 9.36 Å². The topological polar surface area (TPSA) is 222 Å². The van der Waals surface area contributed by atoms with Crippen LogP contribution in [0.1, 0.15) is 12.8 Å². The highest BCUT2D eigenvalue weighted by Gasteiger charge is 2.19. The molecule has 0 aliphatic heterocycles. The summed E-state index contributed by atoms with van der Waals surface area (Å²) in [6.45, 7) is -0.709. The third-order valence-corrected chi connectivity index (χ3v) is 2.03. The fourth-order valence-corrected chi connectivity index (χ4v) is 0.931. The van der Waals surface area contributed by atoms with Gasteiger partial charge in [0.2, 0.25) is 5.78 Å².